The Balaban J connectivity index is 1.84. The average Bonchev–Trinajstić information content (AvgIpc) is 3.09. The third kappa shape index (κ3) is 1.77. The summed E-state index contributed by atoms with van der Waals surface area (Å²) in [6.45, 7) is 1.82. The van der Waals surface area contributed by atoms with Crippen molar-refractivity contribution in [1.29, 1.82) is 0 Å². The quantitative estimate of drug-likeness (QED) is 0.876. The third-order valence-electron chi connectivity index (χ3n) is 3.89. The maximum atomic E-state index is 11.4. The molecule has 1 saturated heterocycles. The van der Waals surface area contributed by atoms with Gasteiger partial charge < -0.3 is 9.84 Å². The molecular formula is C14H17NO3. The average molecular weight is 247 g/mol. The van der Waals surface area contributed by atoms with Crippen LogP contribution in [0.5, 0.6) is 5.75 Å². The van der Waals surface area contributed by atoms with Gasteiger partial charge in [-0.25, -0.2) is 0 Å². The van der Waals surface area contributed by atoms with E-state index in [0.717, 1.165) is 24.4 Å². The fourth-order valence-electron chi connectivity index (χ4n) is 2.58. The molecule has 1 N–H and O–H groups in total. The van der Waals surface area contributed by atoms with E-state index >= 15 is 0 Å². The minimum Gasteiger partial charge on any atom is -0.487 e. The zero-order valence-corrected chi connectivity index (χ0v) is 10.4. The molecule has 1 saturated carbocycles. The molecule has 4 heteroatoms. The van der Waals surface area contributed by atoms with Crippen LogP contribution in [-0.4, -0.2) is 42.2 Å². The first-order valence-corrected chi connectivity index (χ1v) is 6.30. The lowest BCUT2D eigenvalue weighted by Gasteiger charge is -2.36. The maximum absolute atomic E-state index is 11.4. The summed E-state index contributed by atoms with van der Waals surface area (Å²) < 4.78 is 5.92. The Morgan fingerprint density at radius 3 is 2.61 bits per heavy atom. The topological polar surface area (TPSA) is 49.8 Å². The molecular weight excluding hydrogens is 230 g/mol. The predicted octanol–water partition coefficient (Wildman–Crippen LogP) is 1.50. The third-order valence-corrected chi connectivity index (χ3v) is 3.89. The molecule has 1 aliphatic carbocycles. The first kappa shape index (κ1) is 11.5. The van der Waals surface area contributed by atoms with Crippen LogP contribution in [0.3, 0.4) is 0 Å². The van der Waals surface area contributed by atoms with E-state index in [1.807, 2.05) is 31.3 Å². The van der Waals surface area contributed by atoms with E-state index in [2.05, 4.69) is 4.90 Å². The lowest BCUT2D eigenvalue weighted by molar-refractivity contribution is -0.140. The summed E-state index contributed by atoms with van der Waals surface area (Å²) in [4.78, 5) is 13.6. The zero-order chi connectivity index (χ0) is 12.8. The molecule has 0 aromatic heterocycles. The van der Waals surface area contributed by atoms with Gasteiger partial charge in [0.15, 0.2) is 0 Å². The monoisotopic (exact) mass is 247 g/mol. The molecule has 18 heavy (non-hydrogen) atoms. The molecule has 0 spiro atoms. The number of rotatable bonds is 4. The first-order chi connectivity index (χ1) is 8.62. The molecule has 4 nitrogen and oxygen atoms in total. The molecule has 96 valence electrons. The number of nitrogens with zero attached hydrogens (tertiary/aromatic N) is 1. The summed E-state index contributed by atoms with van der Waals surface area (Å²) in [7, 11) is 2.05. The molecule has 0 atom stereocenters. The number of hydrogen-bond donors (Lipinski definition) is 1. The van der Waals surface area contributed by atoms with Gasteiger partial charge in [-0.05, 0) is 26.0 Å². The molecule has 0 bridgehead atoms. The van der Waals surface area contributed by atoms with E-state index in [9.17, 15) is 9.90 Å². The summed E-state index contributed by atoms with van der Waals surface area (Å²) in [5.41, 5.74) is 0.152. The largest absolute Gasteiger partial charge is 0.487 e. The lowest BCUT2D eigenvalue weighted by atomic mass is 9.95. The molecule has 3 rings (SSSR count). The van der Waals surface area contributed by atoms with Crippen LogP contribution >= 0.6 is 0 Å². The Morgan fingerprint density at radius 2 is 2.06 bits per heavy atom. The number of aliphatic carboxylic acids is 1. The van der Waals surface area contributed by atoms with Crippen molar-refractivity contribution < 1.29 is 14.6 Å². The highest BCUT2D eigenvalue weighted by atomic mass is 16.5. The molecule has 1 aromatic carbocycles. The normalized spacial score (nSPS) is 22.3. The van der Waals surface area contributed by atoms with Crippen LogP contribution in [0.15, 0.2) is 24.3 Å². The Labute approximate surface area is 106 Å². The van der Waals surface area contributed by atoms with Gasteiger partial charge >= 0.3 is 5.97 Å². The van der Waals surface area contributed by atoms with Crippen molar-refractivity contribution in [1.82, 2.24) is 4.90 Å². The van der Waals surface area contributed by atoms with Crippen LogP contribution in [0.1, 0.15) is 18.4 Å². The van der Waals surface area contributed by atoms with Crippen LogP contribution in [-0.2, 0) is 10.2 Å². The molecule has 1 heterocycles. The van der Waals surface area contributed by atoms with Gasteiger partial charge in [-0.15, -0.1) is 0 Å². The van der Waals surface area contributed by atoms with Crippen molar-refractivity contribution >= 4 is 5.97 Å². The summed E-state index contributed by atoms with van der Waals surface area (Å²) in [5, 5.41) is 9.37. The first-order valence-electron chi connectivity index (χ1n) is 6.30. The van der Waals surface area contributed by atoms with Crippen molar-refractivity contribution in [3.63, 3.8) is 0 Å². The van der Waals surface area contributed by atoms with Gasteiger partial charge in [0.2, 0.25) is 0 Å². The molecule has 2 fully saturated rings. The molecule has 2 aliphatic rings. The van der Waals surface area contributed by atoms with Crippen LogP contribution in [0.4, 0.5) is 0 Å². The molecule has 0 radical (unpaired) electrons. The molecule has 0 amide bonds. The standard InChI is InChI=1S/C14H17NO3/c1-15-8-10(9-15)18-12-5-3-2-4-11(12)14(6-7-14)13(16)17/h2-5,10H,6-9H2,1H3,(H,16,17). The van der Waals surface area contributed by atoms with Gasteiger partial charge in [0.1, 0.15) is 11.9 Å². The van der Waals surface area contributed by atoms with E-state index in [4.69, 9.17) is 4.74 Å². The SMILES string of the molecule is CN1CC(Oc2ccccc2C2(C(=O)O)CC2)C1. The summed E-state index contributed by atoms with van der Waals surface area (Å²) in [6.07, 6.45) is 1.63. The number of carboxylic acids is 1. The minimum absolute atomic E-state index is 0.195. The predicted molar refractivity (Wildman–Crippen MR) is 66.9 cm³/mol. The fraction of sp³-hybridized carbons (Fsp3) is 0.500. The zero-order valence-electron chi connectivity index (χ0n) is 10.4. The number of hydrogen-bond acceptors (Lipinski definition) is 3. The summed E-state index contributed by atoms with van der Waals surface area (Å²) in [6, 6.07) is 7.56. The second-order valence-corrected chi connectivity index (χ2v) is 5.34. The van der Waals surface area contributed by atoms with Gasteiger partial charge in [-0.3, -0.25) is 9.69 Å². The van der Waals surface area contributed by atoms with E-state index in [-0.39, 0.29) is 6.10 Å². The summed E-state index contributed by atoms with van der Waals surface area (Å²) >= 11 is 0. The van der Waals surface area contributed by atoms with E-state index in [1.165, 1.54) is 0 Å². The van der Waals surface area contributed by atoms with E-state index in [0.29, 0.717) is 12.8 Å². The van der Waals surface area contributed by atoms with Gasteiger partial charge in [-0.2, -0.15) is 0 Å². The number of ether oxygens (including phenoxy) is 1. The number of likely N-dealkylation sites (N-methyl/N-ethyl adjacent to an activating group) is 1. The van der Waals surface area contributed by atoms with Crippen molar-refractivity contribution in [2.45, 2.75) is 24.4 Å². The number of likely N-dealkylation sites (tertiary alicyclic amines) is 1. The Bertz CT molecular complexity index is 476. The highest BCUT2D eigenvalue weighted by Gasteiger charge is 2.53. The molecule has 1 aliphatic heterocycles. The molecule has 0 unspecified atom stereocenters. The highest BCUT2D eigenvalue weighted by Crippen LogP contribution is 2.51. The van der Waals surface area contributed by atoms with Crippen LogP contribution < -0.4 is 4.74 Å². The maximum Gasteiger partial charge on any atom is 0.314 e. The lowest BCUT2D eigenvalue weighted by Crippen LogP contribution is -2.51. The van der Waals surface area contributed by atoms with Gasteiger partial charge in [0, 0.05) is 18.7 Å². The van der Waals surface area contributed by atoms with E-state index in [1.54, 1.807) is 0 Å². The Kier molecular flexibility index (Phi) is 2.55. The van der Waals surface area contributed by atoms with Crippen LogP contribution in [0.2, 0.25) is 0 Å². The van der Waals surface area contributed by atoms with Gasteiger partial charge in [0.25, 0.3) is 0 Å². The minimum atomic E-state index is -0.732. The smallest absolute Gasteiger partial charge is 0.314 e. The number of carboxylic acid groups (broad SMARTS) is 1. The second-order valence-electron chi connectivity index (χ2n) is 5.34. The number of benzene rings is 1. The van der Waals surface area contributed by atoms with Crippen LogP contribution in [0, 0.1) is 0 Å². The van der Waals surface area contributed by atoms with Gasteiger partial charge in [-0.1, -0.05) is 18.2 Å². The van der Waals surface area contributed by atoms with Crippen molar-refractivity contribution in [2.75, 3.05) is 20.1 Å². The van der Waals surface area contributed by atoms with Crippen molar-refractivity contribution in [3.05, 3.63) is 29.8 Å². The van der Waals surface area contributed by atoms with Crippen molar-refractivity contribution in [3.8, 4) is 5.75 Å². The Hall–Kier alpha value is -1.55. The van der Waals surface area contributed by atoms with Crippen molar-refractivity contribution in [2.24, 2.45) is 0 Å². The number of para-hydroxylation sites is 1. The summed E-state index contributed by atoms with van der Waals surface area (Å²) in [5.74, 6) is 0.0137. The van der Waals surface area contributed by atoms with E-state index < -0.39 is 11.4 Å². The second kappa shape index (κ2) is 3.99. The highest BCUT2D eigenvalue weighted by molar-refractivity contribution is 5.86. The number of carbonyl (C=O) groups is 1. The van der Waals surface area contributed by atoms with Gasteiger partial charge in [0.05, 0.1) is 5.41 Å². The van der Waals surface area contributed by atoms with Crippen LogP contribution in [0.25, 0.3) is 0 Å². The molecule has 1 aromatic rings. The fourth-order valence-corrected chi connectivity index (χ4v) is 2.58. The Morgan fingerprint density at radius 1 is 1.39 bits per heavy atom.